The van der Waals surface area contributed by atoms with Crippen LogP contribution in [0, 0.1) is 5.41 Å². The lowest BCUT2D eigenvalue weighted by Gasteiger charge is -2.44. The third-order valence-electron chi connectivity index (χ3n) is 2.52. The number of nitrogens with two attached hydrogens (primary N) is 1. The van der Waals surface area contributed by atoms with Crippen molar-refractivity contribution >= 4 is 0 Å². The third kappa shape index (κ3) is 1.10. The average Bonchev–Trinajstić information content (AvgIpc) is 1.81. The van der Waals surface area contributed by atoms with Gasteiger partial charge in [0.1, 0.15) is 0 Å². The second kappa shape index (κ2) is 2.27. The molecular formula is C7H15NO. The number of aliphatic hydroxyl groups excluding tert-OH is 1. The van der Waals surface area contributed by atoms with Gasteiger partial charge in [-0.25, -0.2) is 0 Å². The van der Waals surface area contributed by atoms with E-state index in [4.69, 9.17) is 10.8 Å². The highest BCUT2D eigenvalue weighted by Gasteiger charge is 2.40. The van der Waals surface area contributed by atoms with Gasteiger partial charge in [-0.15, -0.1) is 0 Å². The summed E-state index contributed by atoms with van der Waals surface area (Å²) in [7, 11) is 0. The second-order valence-electron chi connectivity index (χ2n) is 3.12. The average molecular weight is 129 g/mol. The summed E-state index contributed by atoms with van der Waals surface area (Å²) in [6, 6.07) is 0. The van der Waals surface area contributed by atoms with Crippen molar-refractivity contribution in [1.29, 1.82) is 0 Å². The number of rotatable bonds is 2. The monoisotopic (exact) mass is 129 g/mol. The lowest BCUT2D eigenvalue weighted by Crippen LogP contribution is -2.45. The van der Waals surface area contributed by atoms with Gasteiger partial charge in [0, 0.05) is 0 Å². The van der Waals surface area contributed by atoms with Crippen LogP contribution in [0.5, 0.6) is 0 Å². The number of hydrogen-bond donors (Lipinski definition) is 2. The molecule has 0 bridgehead atoms. The molecule has 3 N–H and O–H groups in total. The molecule has 0 heterocycles. The van der Waals surface area contributed by atoms with E-state index >= 15 is 0 Å². The van der Waals surface area contributed by atoms with Gasteiger partial charge in [0.15, 0.2) is 0 Å². The fraction of sp³-hybridized carbons (Fsp3) is 1.00. The Kier molecular flexibility index (Phi) is 1.78. The van der Waals surface area contributed by atoms with E-state index in [9.17, 15) is 0 Å². The van der Waals surface area contributed by atoms with Gasteiger partial charge in [-0.2, -0.15) is 0 Å². The van der Waals surface area contributed by atoms with Crippen LogP contribution < -0.4 is 5.73 Å². The maximum absolute atomic E-state index is 8.99. The van der Waals surface area contributed by atoms with Crippen molar-refractivity contribution < 1.29 is 5.11 Å². The van der Waals surface area contributed by atoms with Gasteiger partial charge in [-0.1, -0.05) is 6.92 Å². The number of aliphatic hydroxyl groups is 1. The zero-order chi connectivity index (χ0) is 6.91. The van der Waals surface area contributed by atoms with E-state index in [2.05, 4.69) is 6.92 Å². The Balaban J connectivity index is 2.36. The molecule has 1 aliphatic rings. The first-order valence-corrected chi connectivity index (χ1v) is 3.60. The van der Waals surface area contributed by atoms with Gasteiger partial charge in [-0.3, -0.25) is 0 Å². The fourth-order valence-electron chi connectivity index (χ4n) is 1.54. The minimum atomic E-state index is -0.0616. The molecule has 0 unspecified atom stereocenters. The summed E-state index contributed by atoms with van der Waals surface area (Å²) >= 11 is 0. The van der Waals surface area contributed by atoms with Crippen LogP contribution in [0.3, 0.4) is 0 Å². The molecule has 1 rings (SSSR count). The van der Waals surface area contributed by atoms with Crippen LogP contribution in [0.4, 0.5) is 0 Å². The summed E-state index contributed by atoms with van der Waals surface area (Å²) < 4.78 is 0. The van der Waals surface area contributed by atoms with Gasteiger partial charge in [0.25, 0.3) is 0 Å². The van der Waals surface area contributed by atoms with Crippen LogP contribution in [-0.2, 0) is 0 Å². The Bertz CT molecular complexity index is 91.1. The Morgan fingerprint density at radius 1 is 1.67 bits per heavy atom. The Hall–Kier alpha value is -0.0800. The van der Waals surface area contributed by atoms with E-state index in [-0.39, 0.29) is 6.10 Å². The van der Waals surface area contributed by atoms with E-state index in [1.54, 1.807) is 0 Å². The largest absolute Gasteiger partial charge is 0.393 e. The lowest BCUT2D eigenvalue weighted by molar-refractivity contribution is -0.0285. The minimum Gasteiger partial charge on any atom is -0.393 e. The van der Waals surface area contributed by atoms with Crippen molar-refractivity contribution in [3.05, 3.63) is 0 Å². The molecule has 0 atom stereocenters. The molecule has 1 fully saturated rings. The normalized spacial score (nSPS) is 42.3. The molecule has 9 heavy (non-hydrogen) atoms. The van der Waals surface area contributed by atoms with Gasteiger partial charge in [0.05, 0.1) is 6.10 Å². The summed E-state index contributed by atoms with van der Waals surface area (Å²) in [6.45, 7) is 2.87. The van der Waals surface area contributed by atoms with Crippen LogP contribution in [-0.4, -0.2) is 17.8 Å². The first-order valence-electron chi connectivity index (χ1n) is 3.60. The molecule has 0 aromatic carbocycles. The SMILES string of the molecule is CCC1(CN)CC(O)C1. The molecule has 0 saturated heterocycles. The Morgan fingerprint density at radius 3 is 2.33 bits per heavy atom. The molecule has 0 amide bonds. The molecule has 1 aliphatic carbocycles. The van der Waals surface area contributed by atoms with Crippen LogP contribution in [0.2, 0.25) is 0 Å². The predicted octanol–water partition coefficient (Wildman–Crippen LogP) is 0.496. The minimum absolute atomic E-state index is 0.0616. The highest BCUT2D eigenvalue weighted by atomic mass is 16.3. The maximum atomic E-state index is 8.99. The first kappa shape index (κ1) is 7.03. The lowest BCUT2D eigenvalue weighted by atomic mass is 9.65. The molecule has 0 aromatic rings. The van der Waals surface area contributed by atoms with Crippen molar-refractivity contribution in [3.63, 3.8) is 0 Å². The van der Waals surface area contributed by atoms with Crippen molar-refractivity contribution in [1.82, 2.24) is 0 Å². The predicted molar refractivity (Wildman–Crippen MR) is 37.0 cm³/mol. The maximum Gasteiger partial charge on any atom is 0.0551 e. The summed E-state index contributed by atoms with van der Waals surface area (Å²) in [5.74, 6) is 0. The molecule has 0 aliphatic heterocycles. The fourth-order valence-corrected chi connectivity index (χ4v) is 1.54. The Labute approximate surface area is 56.1 Å². The molecule has 1 saturated carbocycles. The van der Waals surface area contributed by atoms with Crippen molar-refractivity contribution in [2.45, 2.75) is 32.3 Å². The highest BCUT2D eigenvalue weighted by molar-refractivity contribution is 4.93. The first-order chi connectivity index (χ1) is 4.22. The van der Waals surface area contributed by atoms with Crippen LogP contribution in [0.25, 0.3) is 0 Å². The van der Waals surface area contributed by atoms with E-state index in [0.29, 0.717) is 5.41 Å². The molecule has 2 heteroatoms. The smallest absolute Gasteiger partial charge is 0.0551 e. The zero-order valence-corrected chi connectivity index (χ0v) is 5.93. The highest BCUT2D eigenvalue weighted by Crippen LogP contribution is 2.42. The molecule has 2 nitrogen and oxygen atoms in total. The standard InChI is InChI=1S/C7H15NO/c1-2-7(5-8)3-6(9)4-7/h6,9H,2-5,8H2,1H3. The van der Waals surface area contributed by atoms with Gasteiger partial charge in [0.2, 0.25) is 0 Å². The van der Waals surface area contributed by atoms with Crippen molar-refractivity contribution in [3.8, 4) is 0 Å². The number of hydrogen-bond acceptors (Lipinski definition) is 2. The van der Waals surface area contributed by atoms with Gasteiger partial charge >= 0.3 is 0 Å². The zero-order valence-electron chi connectivity index (χ0n) is 5.93. The summed E-state index contributed by atoms with van der Waals surface area (Å²) in [4.78, 5) is 0. The van der Waals surface area contributed by atoms with E-state index in [1.807, 2.05) is 0 Å². The third-order valence-corrected chi connectivity index (χ3v) is 2.52. The van der Waals surface area contributed by atoms with E-state index in [1.165, 1.54) is 0 Å². The van der Waals surface area contributed by atoms with E-state index in [0.717, 1.165) is 25.8 Å². The van der Waals surface area contributed by atoms with Crippen molar-refractivity contribution in [2.24, 2.45) is 11.1 Å². The molecule has 54 valence electrons. The van der Waals surface area contributed by atoms with Crippen LogP contribution in [0.1, 0.15) is 26.2 Å². The summed E-state index contributed by atoms with van der Waals surface area (Å²) in [5.41, 5.74) is 5.84. The molecule has 0 radical (unpaired) electrons. The molecule has 0 aromatic heterocycles. The summed E-state index contributed by atoms with van der Waals surface area (Å²) in [5, 5.41) is 8.99. The topological polar surface area (TPSA) is 46.2 Å². The quantitative estimate of drug-likeness (QED) is 0.570. The summed E-state index contributed by atoms with van der Waals surface area (Å²) in [6.07, 6.45) is 2.88. The van der Waals surface area contributed by atoms with Crippen LogP contribution >= 0.6 is 0 Å². The van der Waals surface area contributed by atoms with Gasteiger partial charge < -0.3 is 10.8 Å². The molecule has 0 spiro atoms. The second-order valence-corrected chi connectivity index (χ2v) is 3.12. The van der Waals surface area contributed by atoms with Gasteiger partial charge in [-0.05, 0) is 31.2 Å². The Morgan fingerprint density at radius 2 is 2.22 bits per heavy atom. The van der Waals surface area contributed by atoms with Crippen LogP contribution in [0.15, 0.2) is 0 Å². The van der Waals surface area contributed by atoms with E-state index < -0.39 is 0 Å². The van der Waals surface area contributed by atoms with Crippen molar-refractivity contribution in [2.75, 3.05) is 6.54 Å². The molecular weight excluding hydrogens is 114 g/mol.